The first-order valence-electron chi connectivity index (χ1n) is 4.77. The largest absolute Gasteiger partial charge is 0.506 e. The number of aliphatic imine (C=N–C) groups is 1. The van der Waals surface area contributed by atoms with Crippen molar-refractivity contribution in [3.05, 3.63) is 26.6 Å². The molecular weight excluding hydrogens is 386 g/mol. The van der Waals surface area contributed by atoms with Crippen LogP contribution in [0, 0.1) is 0 Å². The fourth-order valence-electron chi connectivity index (χ4n) is 1.16. The molecule has 1 heterocycles. The molecule has 2 N–H and O–H groups in total. The zero-order valence-electron chi connectivity index (χ0n) is 8.85. The Morgan fingerprint density at radius 1 is 1.44 bits per heavy atom. The van der Waals surface area contributed by atoms with Crippen molar-refractivity contribution in [2.75, 3.05) is 5.75 Å². The van der Waals surface area contributed by atoms with Gasteiger partial charge in [0.2, 0.25) is 5.17 Å². The maximum absolute atomic E-state index is 10.9. The summed E-state index contributed by atoms with van der Waals surface area (Å²) < 4.78 is 1.15. The quantitative estimate of drug-likeness (QED) is 0.721. The highest BCUT2D eigenvalue weighted by Crippen LogP contribution is 2.32. The van der Waals surface area contributed by atoms with E-state index in [1.165, 1.54) is 11.8 Å². The Bertz CT molecular complexity index is 537. The minimum atomic E-state index is -0.130. The fourth-order valence-corrected chi connectivity index (χ4v) is 2.94. The summed E-state index contributed by atoms with van der Waals surface area (Å²) in [6.07, 6.45) is 1.61. The number of amides is 1. The first-order valence-corrected chi connectivity index (χ1v) is 7.35. The lowest BCUT2D eigenvalue weighted by Gasteiger charge is -2.07. The number of phenolic OH excluding ortho intramolecular Hbond substituents is 1. The third-order valence-corrected chi connectivity index (χ3v) is 4.04. The molecule has 0 aliphatic carbocycles. The van der Waals surface area contributed by atoms with E-state index in [4.69, 9.17) is 0 Å². The molecule has 0 spiro atoms. The standard InChI is InChI=1S/C10H7Br2N3O2S/c11-6-1-5(2-7(12)9(6)17)3-13-10-15-14-8(16)4-18-10/h1-3,17H,4H2,(H,14,16). The first kappa shape index (κ1) is 13.6. The highest BCUT2D eigenvalue weighted by Gasteiger charge is 2.10. The monoisotopic (exact) mass is 391 g/mol. The molecule has 0 fully saturated rings. The number of amidine groups is 1. The summed E-state index contributed by atoms with van der Waals surface area (Å²) in [5.74, 6) is 0.331. The smallest absolute Gasteiger partial charge is 0.250 e. The van der Waals surface area contributed by atoms with Gasteiger partial charge in [-0.05, 0) is 49.6 Å². The Balaban J connectivity index is 2.17. The predicted molar refractivity (Wildman–Crippen MR) is 79.1 cm³/mol. The Morgan fingerprint density at radius 3 is 2.67 bits per heavy atom. The molecule has 0 saturated heterocycles. The molecular formula is C10H7Br2N3O2S. The molecule has 1 amide bonds. The van der Waals surface area contributed by atoms with E-state index in [0.717, 1.165) is 5.56 Å². The van der Waals surface area contributed by atoms with E-state index in [1.807, 2.05) is 0 Å². The molecule has 1 aliphatic rings. The molecule has 1 aliphatic heterocycles. The van der Waals surface area contributed by atoms with Crippen LogP contribution in [0.3, 0.4) is 0 Å². The average Bonchev–Trinajstić information content (AvgIpc) is 2.35. The molecule has 1 aromatic carbocycles. The van der Waals surface area contributed by atoms with Crippen molar-refractivity contribution in [1.82, 2.24) is 5.43 Å². The summed E-state index contributed by atoms with van der Waals surface area (Å²) in [5, 5.41) is 13.9. The molecule has 8 heteroatoms. The number of nitrogens with zero attached hydrogens (tertiary/aromatic N) is 2. The number of aromatic hydroxyl groups is 1. The molecule has 2 rings (SSSR count). The van der Waals surface area contributed by atoms with Crippen LogP contribution in [0.5, 0.6) is 5.75 Å². The van der Waals surface area contributed by atoms with Gasteiger partial charge >= 0.3 is 0 Å². The highest BCUT2D eigenvalue weighted by molar-refractivity contribution is 9.11. The Kier molecular flexibility index (Phi) is 4.41. The maximum atomic E-state index is 10.9. The Labute approximate surface area is 124 Å². The second-order valence-electron chi connectivity index (χ2n) is 3.31. The molecule has 5 nitrogen and oxygen atoms in total. The lowest BCUT2D eigenvalue weighted by Crippen LogP contribution is -2.25. The van der Waals surface area contributed by atoms with Gasteiger partial charge in [-0.25, -0.2) is 10.4 Å². The number of nitrogens with one attached hydrogen (secondary N) is 1. The van der Waals surface area contributed by atoms with Gasteiger partial charge in [-0.3, -0.25) is 4.79 Å². The van der Waals surface area contributed by atoms with Crippen LogP contribution in [0.2, 0.25) is 0 Å². The normalized spacial score (nSPS) is 15.7. The van der Waals surface area contributed by atoms with E-state index in [2.05, 4.69) is 47.4 Å². The van der Waals surface area contributed by atoms with E-state index in [-0.39, 0.29) is 11.7 Å². The topological polar surface area (TPSA) is 74.0 Å². The Hall–Kier alpha value is -0.860. The zero-order valence-corrected chi connectivity index (χ0v) is 12.8. The molecule has 0 unspecified atom stereocenters. The number of rotatable bonds is 1. The zero-order chi connectivity index (χ0) is 13.1. The Morgan fingerprint density at radius 2 is 2.11 bits per heavy atom. The first-order chi connectivity index (χ1) is 8.56. The van der Waals surface area contributed by atoms with Crippen LogP contribution in [0.15, 0.2) is 31.2 Å². The molecule has 0 bridgehead atoms. The van der Waals surface area contributed by atoms with E-state index in [1.54, 1.807) is 18.3 Å². The summed E-state index contributed by atoms with van der Waals surface area (Å²) in [6.45, 7) is 0. The van der Waals surface area contributed by atoms with Gasteiger partial charge in [-0.2, -0.15) is 0 Å². The maximum Gasteiger partial charge on any atom is 0.250 e. The van der Waals surface area contributed by atoms with Gasteiger partial charge in [0.15, 0.2) is 0 Å². The summed E-state index contributed by atoms with van der Waals surface area (Å²) in [6, 6.07) is 3.46. The molecule has 0 aromatic heterocycles. The van der Waals surface area contributed by atoms with Gasteiger partial charge in [-0.15, -0.1) is 5.10 Å². The van der Waals surface area contributed by atoms with Crippen molar-refractivity contribution in [1.29, 1.82) is 0 Å². The third-order valence-electron chi connectivity index (χ3n) is 1.97. The molecule has 18 heavy (non-hydrogen) atoms. The van der Waals surface area contributed by atoms with Gasteiger partial charge in [0, 0.05) is 6.21 Å². The van der Waals surface area contributed by atoms with Crippen molar-refractivity contribution in [2.24, 2.45) is 10.1 Å². The van der Waals surface area contributed by atoms with Gasteiger partial charge < -0.3 is 5.11 Å². The van der Waals surface area contributed by atoms with Crippen LogP contribution in [0.25, 0.3) is 0 Å². The van der Waals surface area contributed by atoms with E-state index in [0.29, 0.717) is 19.9 Å². The van der Waals surface area contributed by atoms with E-state index < -0.39 is 0 Å². The number of hydrogen-bond donors (Lipinski definition) is 2. The number of phenols is 1. The van der Waals surface area contributed by atoms with Crippen LogP contribution in [0.4, 0.5) is 0 Å². The van der Waals surface area contributed by atoms with Crippen molar-refractivity contribution >= 4 is 60.9 Å². The van der Waals surface area contributed by atoms with Gasteiger partial charge in [0.25, 0.3) is 5.91 Å². The summed E-state index contributed by atoms with van der Waals surface area (Å²) in [7, 11) is 0. The number of hydrazone groups is 1. The van der Waals surface area contributed by atoms with Crippen molar-refractivity contribution in [3.63, 3.8) is 0 Å². The summed E-state index contributed by atoms with van der Waals surface area (Å²) >= 11 is 7.74. The summed E-state index contributed by atoms with van der Waals surface area (Å²) in [5.41, 5.74) is 3.15. The molecule has 0 saturated carbocycles. The van der Waals surface area contributed by atoms with E-state index >= 15 is 0 Å². The van der Waals surface area contributed by atoms with Crippen molar-refractivity contribution < 1.29 is 9.90 Å². The van der Waals surface area contributed by atoms with Crippen molar-refractivity contribution in [2.45, 2.75) is 0 Å². The van der Waals surface area contributed by atoms with Crippen LogP contribution in [0.1, 0.15) is 5.56 Å². The average molecular weight is 393 g/mol. The number of hydrogen-bond acceptors (Lipinski definition) is 5. The fraction of sp³-hybridized carbons (Fsp3) is 0.100. The molecule has 0 atom stereocenters. The summed E-state index contributed by atoms with van der Waals surface area (Å²) in [4.78, 5) is 15.0. The SMILES string of the molecule is O=C1CSC(N=Cc2cc(Br)c(O)c(Br)c2)=NN1. The number of benzene rings is 1. The third kappa shape index (κ3) is 3.33. The van der Waals surface area contributed by atoms with Gasteiger partial charge in [-0.1, -0.05) is 11.8 Å². The second kappa shape index (κ2) is 5.85. The molecule has 1 aromatic rings. The van der Waals surface area contributed by atoms with Crippen LogP contribution in [-0.4, -0.2) is 28.1 Å². The highest BCUT2D eigenvalue weighted by atomic mass is 79.9. The van der Waals surface area contributed by atoms with Gasteiger partial charge in [0.05, 0.1) is 14.7 Å². The minimum Gasteiger partial charge on any atom is -0.506 e. The van der Waals surface area contributed by atoms with Crippen LogP contribution >= 0.6 is 43.6 Å². The van der Waals surface area contributed by atoms with Crippen LogP contribution < -0.4 is 5.43 Å². The van der Waals surface area contributed by atoms with Crippen LogP contribution in [-0.2, 0) is 4.79 Å². The predicted octanol–water partition coefficient (Wildman–Crippen LogP) is 2.47. The van der Waals surface area contributed by atoms with E-state index in [9.17, 15) is 9.90 Å². The molecule has 0 radical (unpaired) electrons. The molecule has 94 valence electrons. The number of carbonyl (C=O) groups is 1. The lowest BCUT2D eigenvalue weighted by molar-refractivity contribution is -0.118. The number of carbonyl (C=O) groups excluding carboxylic acids is 1. The minimum absolute atomic E-state index is 0.130. The number of thioether (sulfide) groups is 1. The number of halogens is 2. The van der Waals surface area contributed by atoms with Crippen molar-refractivity contribution in [3.8, 4) is 5.75 Å². The lowest BCUT2D eigenvalue weighted by atomic mass is 10.2. The second-order valence-corrected chi connectivity index (χ2v) is 5.96. The van der Waals surface area contributed by atoms with Gasteiger partial charge in [0.1, 0.15) is 5.75 Å².